The van der Waals surface area contributed by atoms with Crippen molar-refractivity contribution in [2.24, 2.45) is 0 Å². The molecule has 0 radical (unpaired) electrons. The minimum absolute atomic E-state index is 0.00547. The molecule has 1 atom stereocenters. The SMILES string of the molecule is COc1cc(C=CC2=CC(C=Cc3cc(OC)cc(OC)c3)N(c3ccccc3)N2)cc(OC)c1. The summed E-state index contributed by atoms with van der Waals surface area (Å²) in [6, 6.07) is 21.8. The number of allylic oxidation sites excluding steroid dienone is 1. The molecule has 3 aromatic carbocycles. The highest BCUT2D eigenvalue weighted by Gasteiger charge is 2.21. The van der Waals surface area contributed by atoms with Gasteiger partial charge in [-0.05, 0) is 59.7 Å². The molecule has 0 fully saturated rings. The summed E-state index contributed by atoms with van der Waals surface area (Å²) in [4.78, 5) is 0. The first-order valence-corrected chi connectivity index (χ1v) is 11.3. The lowest BCUT2D eigenvalue weighted by Crippen LogP contribution is -2.37. The number of para-hydroxylation sites is 1. The van der Waals surface area contributed by atoms with E-state index in [-0.39, 0.29) is 6.04 Å². The monoisotopic (exact) mass is 470 g/mol. The lowest BCUT2D eigenvalue weighted by atomic mass is 10.1. The van der Waals surface area contributed by atoms with Crippen LogP contribution in [0, 0.1) is 0 Å². The van der Waals surface area contributed by atoms with E-state index < -0.39 is 0 Å². The van der Waals surface area contributed by atoms with Crippen molar-refractivity contribution in [2.75, 3.05) is 33.4 Å². The smallest absolute Gasteiger partial charge is 0.123 e. The maximum absolute atomic E-state index is 5.41. The van der Waals surface area contributed by atoms with Gasteiger partial charge in [-0.3, -0.25) is 10.4 Å². The van der Waals surface area contributed by atoms with Crippen LogP contribution < -0.4 is 29.4 Å². The highest BCUT2D eigenvalue weighted by atomic mass is 16.5. The van der Waals surface area contributed by atoms with Crippen LogP contribution in [0.25, 0.3) is 12.2 Å². The van der Waals surface area contributed by atoms with Crippen LogP contribution in [0.5, 0.6) is 23.0 Å². The molecule has 180 valence electrons. The molecule has 35 heavy (non-hydrogen) atoms. The Morgan fingerprint density at radius 1 is 0.657 bits per heavy atom. The van der Waals surface area contributed by atoms with Crippen molar-refractivity contribution in [3.05, 3.63) is 102 Å². The Morgan fingerprint density at radius 2 is 1.17 bits per heavy atom. The normalized spacial score (nSPS) is 15.3. The van der Waals surface area contributed by atoms with Crippen molar-refractivity contribution in [1.29, 1.82) is 0 Å². The third-order valence-corrected chi connectivity index (χ3v) is 5.62. The second-order valence-electron chi connectivity index (χ2n) is 7.91. The summed E-state index contributed by atoms with van der Waals surface area (Å²) < 4.78 is 21.6. The van der Waals surface area contributed by atoms with Gasteiger partial charge in [-0.1, -0.05) is 36.4 Å². The number of nitrogens with zero attached hydrogens (tertiary/aromatic N) is 1. The lowest BCUT2D eigenvalue weighted by Gasteiger charge is -2.25. The second-order valence-corrected chi connectivity index (χ2v) is 7.91. The zero-order valence-corrected chi connectivity index (χ0v) is 20.4. The summed E-state index contributed by atoms with van der Waals surface area (Å²) in [7, 11) is 6.60. The molecule has 0 saturated heterocycles. The molecule has 0 aliphatic carbocycles. The zero-order valence-electron chi connectivity index (χ0n) is 20.4. The molecule has 0 bridgehead atoms. The number of rotatable bonds is 9. The van der Waals surface area contributed by atoms with Gasteiger partial charge in [0.15, 0.2) is 0 Å². The third kappa shape index (κ3) is 5.98. The fourth-order valence-electron chi connectivity index (χ4n) is 3.82. The molecule has 4 rings (SSSR count). The van der Waals surface area contributed by atoms with E-state index in [1.54, 1.807) is 28.4 Å². The van der Waals surface area contributed by atoms with Crippen molar-refractivity contribution in [2.45, 2.75) is 6.04 Å². The van der Waals surface area contributed by atoms with Crippen LogP contribution in [0.2, 0.25) is 0 Å². The van der Waals surface area contributed by atoms with Crippen molar-refractivity contribution < 1.29 is 18.9 Å². The molecule has 1 aliphatic heterocycles. The van der Waals surface area contributed by atoms with E-state index in [0.29, 0.717) is 0 Å². The molecule has 1 unspecified atom stereocenters. The largest absolute Gasteiger partial charge is 0.497 e. The van der Waals surface area contributed by atoms with Gasteiger partial charge in [-0.15, -0.1) is 0 Å². The van der Waals surface area contributed by atoms with Crippen LogP contribution in [0.1, 0.15) is 11.1 Å². The van der Waals surface area contributed by atoms with E-state index in [1.807, 2.05) is 66.7 Å². The molecule has 1 N–H and O–H groups in total. The Hall–Kier alpha value is -4.32. The van der Waals surface area contributed by atoms with Crippen LogP contribution in [0.15, 0.2) is 90.7 Å². The molecule has 0 amide bonds. The van der Waals surface area contributed by atoms with Gasteiger partial charge in [-0.2, -0.15) is 0 Å². The lowest BCUT2D eigenvalue weighted by molar-refractivity contribution is 0.394. The highest BCUT2D eigenvalue weighted by molar-refractivity contribution is 5.62. The van der Waals surface area contributed by atoms with Crippen molar-refractivity contribution in [3.63, 3.8) is 0 Å². The van der Waals surface area contributed by atoms with Crippen molar-refractivity contribution >= 4 is 17.8 Å². The first-order valence-electron chi connectivity index (χ1n) is 11.3. The Morgan fingerprint density at radius 3 is 1.69 bits per heavy atom. The van der Waals surface area contributed by atoms with Gasteiger partial charge in [0.2, 0.25) is 0 Å². The number of anilines is 1. The van der Waals surface area contributed by atoms with Gasteiger partial charge in [0.1, 0.15) is 23.0 Å². The number of methoxy groups -OCH3 is 4. The van der Waals surface area contributed by atoms with Gasteiger partial charge < -0.3 is 18.9 Å². The average molecular weight is 471 g/mol. The van der Waals surface area contributed by atoms with Crippen LogP contribution >= 0.6 is 0 Å². The Labute approximate surface area is 206 Å². The number of nitrogens with one attached hydrogen (secondary N) is 1. The molecule has 1 heterocycles. The van der Waals surface area contributed by atoms with Gasteiger partial charge in [-0.25, -0.2) is 0 Å². The van der Waals surface area contributed by atoms with Crippen molar-refractivity contribution in [1.82, 2.24) is 5.43 Å². The predicted molar refractivity (Wildman–Crippen MR) is 141 cm³/mol. The minimum Gasteiger partial charge on any atom is -0.497 e. The van der Waals surface area contributed by atoms with Crippen LogP contribution in [0.3, 0.4) is 0 Å². The van der Waals surface area contributed by atoms with E-state index in [0.717, 1.165) is 45.5 Å². The average Bonchev–Trinajstić information content (AvgIpc) is 3.33. The Bertz CT molecular complexity index is 1190. The number of benzene rings is 3. The molecular weight excluding hydrogens is 440 g/mol. The molecule has 1 aliphatic rings. The van der Waals surface area contributed by atoms with Gasteiger partial charge in [0, 0.05) is 12.1 Å². The van der Waals surface area contributed by atoms with Gasteiger partial charge in [0.05, 0.1) is 45.9 Å². The summed E-state index contributed by atoms with van der Waals surface area (Å²) in [6.07, 6.45) is 10.5. The van der Waals surface area contributed by atoms with Crippen LogP contribution in [-0.4, -0.2) is 34.5 Å². The summed E-state index contributed by atoms with van der Waals surface area (Å²) in [5, 5.41) is 2.12. The molecule has 3 aromatic rings. The maximum Gasteiger partial charge on any atom is 0.123 e. The van der Waals surface area contributed by atoms with Crippen LogP contribution in [0.4, 0.5) is 5.69 Å². The van der Waals surface area contributed by atoms with Crippen molar-refractivity contribution in [3.8, 4) is 23.0 Å². The second kappa shape index (κ2) is 11.2. The van der Waals surface area contributed by atoms with E-state index in [1.165, 1.54) is 0 Å². The number of ether oxygens (including phenoxy) is 4. The maximum atomic E-state index is 5.41. The summed E-state index contributed by atoms with van der Waals surface area (Å²) >= 11 is 0. The molecule has 0 spiro atoms. The minimum atomic E-state index is -0.00547. The number of hydrazine groups is 1. The standard InChI is InChI=1S/C29H30N2O4/c1-32-26-14-21(15-27(19-26)33-2)10-12-23-18-25(31(30-23)24-8-6-5-7-9-24)13-11-22-16-28(34-3)20-29(17-22)35-4/h5-20,25,30H,1-4H3. The molecule has 6 heteroatoms. The fourth-order valence-corrected chi connectivity index (χ4v) is 3.82. The topological polar surface area (TPSA) is 52.2 Å². The predicted octanol–water partition coefficient (Wildman–Crippen LogP) is 5.72. The molecule has 0 saturated carbocycles. The molecule has 0 aromatic heterocycles. The Balaban J connectivity index is 1.61. The Kier molecular flexibility index (Phi) is 7.63. The summed E-state index contributed by atoms with van der Waals surface area (Å²) in [5.41, 5.74) is 7.53. The van der Waals surface area contributed by atoms with E-state index in [2.05, 4.69) is 40.8 Å². The first-order chi connectivity index (χ1) is 17.1. The number of hydrogen-bond donors (Lipinski definition) is 1. The first kappa shape index (κ1) is 23.8. The molecular formula is C29H30N2O4. The molecule has 6 nitrogen and oxygen atoms in total. The van der Waals surface area contributed by atoms with Crippen LogP contribution in [-0.2, 0) is 0 Å². The zero-order chi connectivity index (χ0) is 24.6. The number of hydrogen-bond acceptors (Lipinski definition) is 6. The third-order valence-electron chi connectivity index (χ3n) is 5.62. The van der Waals surface area contributed by atoms with E-state index in [4.69, 9.17) is 18.9 Å². The van der Waals surface area contributed by atoms with Gasteiger partial charge in [0.25, 0.3) is 0 Å². The van der Waals surface area contributed by atoms with Gasteiger partial charge >= 0.3 is 0 Å². The van der Waals surface area contributed by atoms with E-state index in [9.17, 15) is 0 Å². The summed E-state index contributed by atoms with van der Waals surface area (Å²) in [5.74, 6) is 3.00. The summed E-state index contributed by atoms with van der Waals surface area (Å²) in [6.45, 7) is 0. The quantitative estimate of drug-likeness (QED) is 0.431. The van der Waals surface area contributed by atoms with E-state index >= 15 is 0 Å². The fraction of sp³-hybridized carbons (Fsp3) is 0.172. The highest BCUT2D eigenvalue weighted by Crippen LogP contribution is 2.27.